The van der Waals surface area contributed by atoms with Crippen LogP contribution in [0.1, 0.15) is 35.6 Å². The van der Waals surface area contributed by atoms with Crippen molar-refractivity contribution >= 4 is 17.7 Å². The molecule has 1 atom stereocenters. The maximum atomic E-state index is 12.4. The third-order valence-corrected chi connectivity index (χ3v) is 4.58. The van der Waals surface area contributed by atoms with E-state index in [2.05, 4.69) is 0 Å². The van der Waals surface area contributed by atoms with Crippen LogP contribution in [-0.2, 0) is 17.8 Å². The second-order valence-electron chi connectivity index (χ2n) is 5.90. The van der Waals surface area contributed by atoms with Gasteiger partial charge < -0.3 is 9.64 Å². The van der Waals surface area contributed by atoms with Crippen molar-refractivity contribution in [2.45, 2.75) is 31.9 Å². The summed E-state index contributed by atoms with van der Waals surface area (Å²) in [7, 11) is 1.81. The van der Waals surface area contributed by atoms with E-state index in [4.69, 9.17) is 16.3 Å². The molecule has 23 heavy (non-hydrogen) atoms. The molecule has 0 fully saturated rings. The molecule has 3 nitrogen and oxygen atoms in total. The minimum Gasteiger partial charge on any atom is -0.445 e. The van der Waals surface area contributed by atoms with Crippen molar-refractivity contribution < 1.29 is 9.53 Å². The van der Waals surface area contributed by atoms with E-state index in [9.17, 15) is 4.79 Å². The number of benzene rings is 2. The summed E-state index contributed by atoms with van der Waals surface area (Å²) in [5.41, 5.74) is 3.40. The van der Waals surface area contributed by atoms with Gasteiger partial charge >= 0.3 is 6.09 Å². The fourth-order valence-corrected chi connectivity index (χ4v) is 3.30. The number of halogens is 1. The summed E-state index contributed by atoms with van der Waals surface area (Å²) in [4.78, 5) is 14.1. The Morgan fingerprint density at radius 1 is 1.26 bits per heavy atom. The number of hydrogen-bond acceptors (Lipinski definition) is 2. The lowest BCUT2D eigenvalue weighted by Gasteiger charge is -2.32. The first kappa shape index (κ1) is 15.9. The zero-order valence-electron chi connectivity index (χ0n) is 13.2. The van der Waals surface area contributed by atoms with Gasteiger partial charge in [-0.1, -0.05) is 48.0 Å². The molecule has 0 saturated carbocycles. The third kappa shape index (κ3) is 3.67. The number of carbonyl (C=O) groups excluding carboxylic acids is 1. The quantitative estimate of drug-likeness (QED) is 0.794. The highest BCUT2D eigenvalue weighted by atomic mass is 35.5. The molecule has 0 spiro atoms. The van der Waals surface area contributed by atoms with E-state index in [1.807, 2.05) is 55.6 Å². The van der Waals surface area contributed by atoms with Gasteiger partial charge in [0.1, 0.15) is 6.61 Å². The van der Waals surface area contributed by atoms with Crippen molar-refractivity contribution in [1.82, 2.24) is 4.90 Å². The monoisotopic (exact) mass is 329 g/mol. The Hall–Kier alpha value is -2.00. The first-order chi connectivity index (χ1) is 11.1. The molecular formula is C19H20ClNO2. The molecule has 1 aliphatic rings. The molecule has 2 aromatic rings. The van der Waals surface area contributed by atoms with Crippen molar-refractivity contribution in [3.63, 3.8) is 0 Å². The van der Waals surface area contributed by atoms with Gasteiger partial charge in [0.15, 0.2) is 0 Å². The van der Waals surface area contributed by atoms with Crippen LogP contribution >= 0.6 is 11.6 Å². The van der Waals surface area contributed by atoms with Crippen LogP contribution in [0.3, 0.4) is 0 Å². The number of amides is 1. The molecule has 0 N–H and O–H groups in total. The summed E-state index contributed by atoms with van der Waals surface area (Å²) >= 11 is 6.08. The molecule has 1 aliphatic carbocycles. The summed E-state index contributed by atoms with van der Waals surface area (Å²) < 4.78 is 5.44. The standard InChI is InChI=1S/C19H20ClNO2/c1-21(19(22)23-13-14-6-3-2-4-7-14)18-9-5-8-15-12-16(20)10-11-17(15)18/h2-4,6-7,10-12,18H,5,8-9,13H2,1H3. The summed E-state index contributed by atoms with van der Waals surface area (Å²) in [5, 5.41) is 0.749. The molecular weight excluding hydrogens is 310 g/mol. The van der Waals surface area contributed by atoms with E-state index in [1.54, 1.807) is 4.90 Å². The highest BCUT2D eigenvalue weighted by Gasteiger charge is 2.27. The summed E-state index contributed by atoms with van der Waals surface area (Å²) in [5.74, 6) is 0. The Balaban J connectivity index is 1.68. The zero-order valence-corrected chi connectivity index (χ0v) is 13.9. The van der Waals surface area contributed by atoms with Crippen LogP contribution in [0.15, 0.2) is 48.5 Å². The second kappa shape index (κ2) is 7.05. The van der Waals surface area contributed by atoms with Gasteiger partial charge in [-0.25, -0.2) is 4.79 Å². The Bertz CT molecular complexity index is 687. The van der Waals surface area contributed by atoms with Crippen LogP contribution in [0.4, 0.5) is 4.79 Å². The van der Waals surface area contributed by atoms with E-state index in [-0.39, 0.29) is 12.1 Å². The van der Waals surface area contributed by atoms with Gasteiger partial charge in [0.05, 0.1) is 6.04 Å². The molecule has 1 unspecified atom stereocenters. The average molecular weight is 330 g/mol. The van der Waals surface area contributed by atoms with Gasteiger partial charge in [0.25, 0.3) is 0 Å². The van der Waals surface area contributed by atoms with Gasteiger partial charge in [-0.3, -0.25) is 0 Å². The number of hydrogen-bond donors (Lipinski definition) is 0. The van der Waals surface area contributed by atoms with E-state index in [0.29, 0.717) is 6.61 Å². The lowest BCUT2D eigenvalue weighted by atomic mass is 9.87. The van der Waals surface area contributed by atoms with Crippen molar-refractivity contribution in [3.05, 3.63) is 70.2 Å². The zero-order chi connectivity index (χ0) is 16.2. The second-order valence-corrected chi connectivity index (χ2v) is 6.34. The predicted molar refractivity (Wildman–Crippen MR) is 91.5 cm³/mol. The number of carbonyl (C=O) groups is 1. The first-order valence-corrected chi connectivity index (χ1v) is 8.25. The summed E-state index contributed by atoms with van der Waals surface area (Å²) in [6.07, 6.45) is 2.72. The Morgan fingerprint density at radius 2 is 2.04 bits per heavy atom. The van der Waals surface area contributed by atoms with Crippen molar-refractivity contribution in [3.8, 4) is 0 Å². The topological polar surface area (TPSA) is 29.5 Å². The Morgan fingerprint density at radius 3 is 2.83 bits per heavy atom. The predicted octanol–water partition coefficient (Wildman–Crippen LogP) is 4.99. The van der Waals surface area contributed by atoms with Crippen molar-refractivity contribution in [2.75, 3.05) is 7.05 Å². The van der Waals surface area contributed by atoms with Crippen molar-refractivity contribution in [2.24, 2.45) is 0 Å². The summed E-state index contributed by atoms with van der Waals surface area (Å²) in [6.45, 7) is 0.296. The number of nitrogens with zero attached hydrogens (tertiary/aromatic N) is 1. The van der Waals surface area contributed by atoms with Crippen LogP contribution in [0.2, 0.25) is 5.02 Å². The molecule has 0 bridgehead atoms. The Kier molecular flexibility index (Phi) is 4.87. The smallest absolute Gasteiger partial charge is 0.410 e. The van der Waals surface area contributed by atoms with E-state index in [1.165, 1.54) is 11.1 Å². The fourth-order valence-electron chi connectivity index (χ4n) is 3.11. The minimum atomic E-state index is -0.290. The molecule has 0 saturated heterocycles. The molecule has 1 amide bonds. The fraction of sp³-hybridized carbons (Fsp3) is 0.316. The van der Waals surface area contributed by atoms with E-state index in [0.717, 1.165) is 29.8 Å². The van der Waals surface area contributed by atoms with Crippen LogP contribution in [0, 0.1) is 0 Å². The molecule has 120 valence electrons. The molecule has 0 aromatic heterocycles. The van der Waals surface area contributed by atoms with Gasteiger partial charge in [-0.2, -0.15) is 0 Å². The molecule has 2 aromatic carbocycles. The highest BCUT2D eigenvalue weighted by molar-refractivity contribution is 6.30. The largest absolute Gasteiger partial charge is 0.445 e. The average Bonchev–Trinajstić information content (AvgIpc) is 2.59. The van der Waals surface area contributed by atoms with Crippen molar-refractivity contribution in [1.29, 1.82) is 0 Å². The normalized spacial score (nSPS) is 16.5. The summed E-state index contributed by atoms with van der Waals surface area (Å²) in [6, 6.07) is 15.7. The molecule has 0 heterocycles. The van der Waals surface area contributed by atoms with Crippen LogP contribution in [0.25, 0.3) is 0 Å². The van der Waals surface area contributed by atoms with Gasteiger partial charge in [-0.15, -0.1) is 0 Å². The first-order valence-electron chi connectivity index (χ1n) is 7.87. The molecule has 3 rings (SSSR count). The van der Waals surface area contributed by atoms with Crippen LogP contribution < -0.4 is 0 Å². The molecule has 0 aliphatic heterocycles. The SMILES string of the molecule is CN(C(=O)OCc1ccccc1)C1CCCc2cc(Cl)ccc21. The minimum absolute atomic E-state index is 0.0549. The number of aryl methyl sites for hydroxylation is 1. The number of fused-ring (bicyclic) bond motifs is 1. The lowest BCUT2D eigenvalue weighted by Crippen LogP contribution is -2.33. The van der Waals surface area contributed by atoms with Gasteiger partial charge in [0.2, 0.25) is 0 Å². The number of ether oxygens (including phenoxy) is 1. The van der Waals surface area contributed by atoms with Gasteiger partial charge in [0, 0.05) is 12.1 Å². The maximum Gasteiger partial charge on any atom is 0.410 e. The van der Waals surface area contributed by atoms with Crippen LogP contribution in [-0.4, -0.2) is 18.0 Å². The Labute approximate surface area is 141 Å². The lowest BCUT2D eigenvalue weighted by molar-refractivity contribution is 0.0876. The third-order valence-electron chi connectivity index (χ3n) is 4.35. The maximum absolute atomic E-state index is 12.4. The van der Waals surface area contributed by atoms with Gasteiger partial charge in [-0.05, 0) is 48.1 Å². The molecule has 0 radical (unpaired) electrons. The van der Waals surface area contributed by atoms with Crippen LogP contribution in [0.5, 0.6) is 0 Å². The highest BCUT2D eigenvalue weighted by Crippen LogP contribution is 2.35. The molecule has 4 heteroatoms. The van der Waals surface area contributed by atoms with E-state index < -0.39 is 0 Å². The van der Waals surface area contributed by atoms with E-state index >= 15 is 0 Å². The number of rotatable bonds is 3.